The zero-order chi connectivity index (χ0) is 13.9. The van der Waals surface area contributed by atoms with E-state index in [9.17, 15) is 5.11 Å². The van der Waals surface area contributed by atoms with E-state index in [1.54, 1.807) is 0 Å². The van der Waals surface area contributed by atoms with Crippen molar-refractivity contribution in [2.24, 2.45) is 0 Å². The molecule has 2 aromatic carbocycles. The zero-order valence-corrected chi connectivity index (χ0v) is 11.9. The lowest BCUT2D eigenvalue weighted by Crippen LogP contribution is -2.23. The summed E-state index contributed by atoms with van der Waals surface area (Å²) in [6.07, 6.45) is 0.632. The van der Waals surface area contributed by atoms with E-state index in [0.717, 1.165) is 25.1 Å². The van der Waals surface area contributed by atoms with E-state index in [2.05, 4.69) is 48.2 Å². The molecule has 104 valence electrons. The second-order valence-corrected chi connectivity index (χ2v) is 5.55. The van der Waals surface area contributed by atoms with Crippen LogP contribution in [0.1, 0.15) is 35.3 Å². The van der Waals surface area contributed by atoms with Crippen molar-refractivity contribution in [3.05, 3.63) is 70.8 Å². The molecule has 1 aliphatic heterocycles. The number of hydrogen-bond acceptors (Lipinski definition) is 2. The minimum absolute atomic E-state index is 0.407. The average molecular weight is 267 g/mol. The summed E-state index contributed by atoms with van der Waals surface area (Å²) in [7, 11) is 0. The topological polar surface area (TPSA) is 23.5 Å². The first-order chi connectivity index (χ1) is 9.76. The van der Waals surface area contributed by atoms with Crippen molar-refractivity contribution in [1.82, 2.24) is 4.90 Å². The molecular weight excluding hydrogens is 246 g/mol. The number of benzene rings is 2. The van der Waals surface area contributed by atoms with Gasteiger partial charge in [0.1, 0.15) is 0 Å². The summed E-state index contributed by atoms with van der Waals surface area (Å²) >= 11 is 0. The maximum atomic E-state index is 10.4. The third kappa shape index (κ3) is 2.77. The second-order valence-electron chi connectivity index (χ2n) is 5.55. The molecule has 20 heavy (non-hydrogen) atoms. The number of β-amino-alcohol motifs (C(OH)–C–C–N with tert-alkyl or cyclic N) is 1. The van der Waals surface area contributed by atoms with Crippen LogP contribution in [0.3, 0.4) is 0 Å². The molecule has 1 unspecified atom stereocenters. The smallest absolute Gasteiger partial charge is 0.0917 e. The van der Waals surface area contributed by atoms with Crippen molar-refractivity contribution in [3.63, 3.8) is 0 Å². The number of nitrogens with zero attached hydrogens (tertiary/aromatic N) is 1. The highest BCUT2D eigenvalue weighted by molar-refractivity contribution is 5.30. The van der Waals surface area contributed by atoms with E-state index in [1.807, 2.05) is 12.1 Å². The van der Waals surface area contributed by atoms with Gasteiger partial charge in [0.15, 0.2) is 0 Å². The van der Waals surface area contributed by atoms with Crippen molar-refractivity contribution >= 4 is 0 Å². The van der Waals surface area contributed by atoms with E-state index in [1.165, 1.54) is 16.7 Å². The van der Waals surface area contributed by atoms with Crippen LogP contribution in [0.25, 0.3) is 0 Å². The highest BCUT2D eigenvalue weighted by Crippen LogP contribution is 2.25. The van der Waals surface area contributed by atoms with Crippen LogP contribution in [-0.2, 0) is 19.5 Å². The van der Waals surface area contributed by atoms with E-state index in [-0.39, 0.29) is 0 Å². The molecule has 0 fully saturated rings. The van der Waals surface area contributed by atoms with Crippen LogP contribution in [0.4, 0.5) is 0 Å². The molecule has 0 spiro atoms. The molecular formula is C18H21NO. The highest BCUT2D eigenvalue weighted by atomic mass is 16.3. The van der Waals surface area contributed by atoms with E-state index < -0.39 is 6.10 Å². The number of fused-ring (bicyclic) bond motifs is 1. The first kappa shape index (κ1) is 13.3. The highest BCUT2D eigenvalue weighted by Gasteiger charge is 2.21. The van der Waals surface area contributed by atoms with Gasteiger partial charge < -0.3 is 5.11 Å². The van der Waals surface area contributed by atoms with E-state index >= 15 is 0 Å². The van der Waals surface area contributed by atoms with Crippen LogP contribution in [0.2, 0.25) is 0 Å². The average Bonchev–Trinajstić information content (AvgIpc) is 2.89. The lowest BCUT2D eigenvalue weighted by atomic mass is 10.1. The molecule has 0 bridgehead atoms. The predicted molar refractivity (Wildman–Crippen MR) is 81.3 cm³/mol. The van der Waals surface area contributed by atoms with Crippen molar-refractivity contribution < 1.29 is 5.11 Å². The van der Waals surface area contributed by atoms with E-state index in [0.29, 0.717) is 6.54 Å². The van der Waals surface area contributed by atoms with Crippen molar-refractivity contribution in [2.75, 3.05) is 6.54 Å². The molecule has 0 saturated carbocycles. The quantitative estimate of drug-likeness (QED) is 0.918. The van der Waals surface area contributed by atoms with Crippen LogP contribution in [0.15, 0.2) is 48.5 Å². The molecule has 0 amide bonds. The van der Waals surface area contributed by atoms with E-state index in [4.69, 9.17) is 0 Å². The molecule has 1 aliphatic rings. The van der Waals surface area contributed by atoms with Crippen molar-refractivity contribution in [2.45, 2.75) is 32.5 Å². The van der Waals surface area contributed by atoms with Gasteiger partial charge in [-0.3, -0.25) is 4.90 Å². The van der Waals surface area contributed by atoms with Gasteiger partial charge >= 0.3 is 0 Å². The monoisotopic (exact) mass is 267 g/mol. The molecule has 1 heterocycles. The SMILES string of the molecule is CCc1ccc(C(O)CN2Cc3ccccc3C2)cc1. The van der Waals surface area contributed by atoms with Crippen LogP contribution in [0.5, 0.6) is 0 Å². The van der Waals surface area contributed by atoms with Crippen molar-refractivity contribution in [3.8, 4) is 0 Å². The Balaban J connectivity index is 1.64. The molecule has 1 atom stereocenters. The van der Waals surface area contributed by atoms with Gasteiger partial charge in [0.05, 0.1) is 6.10 Å². The van der Waals surface area contributed by atoms with Crippen molar-refractivity contribution in [1.29, 1.82) is 0 Å². The summed E-state index contributed by atoms with van der Waals surface area (Å²) in [5, 5.41) is 10.4. The Morgan fingerprint density at radius 2 is 1.60 bits per heavy atom. The Hall–Kier alpha value is -1.64. The summed E-state index contributed by atoms with van der Waals surface area (Å²) < 4.78 is 0. The minimum Gasteiger partial charge on any atom is -0.387 e. The number of aliphatic hydroxyl groups excluding tert-OH is 1. The standard InChI is InChI=1S/C18H21NO/c1-2-14-7-9-15(10-8-14)18(20)13-19-11-16-5-3-4-6-17(16)12-19/h3-10,18,20H,2,11-13H2,1H3. The Morgan fingerprint density at radius 1 is 1.00 bits per heavy atom. The first-order valence-electron chi connectivity index (χ1n) is 7.32. The molecule has 0 saturated heterocycles. The van der Waals surface area contributed by atoms with Gasteiger partial charge in [-0.1, -0.05) is 55.5 Å². The largest absolute Gasteiger partial charge is 0.387 e. The fourth-order valence-corrected chi connectivity index (χ4v) is 2.86. The maximum Gasteiger partial charge on any atom is 0.0917 e. The summed E-state index contributed by atoms with van der Waals surface area (Å²) in [5.41, 5.74) is 5.11. The van der Waals surface area contributed by atoms with Gasteiger partial charge in [0.25, 0.3) is 0 Å². The van der Waals surface area contributed by atoms with Crippen LogP contribution < -0.4 is 0 Å². The summed E-state index contributed by atoms with van der Waals surface area (Å²) in [5.74, 6) is 0. The Morgan fingerprint density at radius 3 is 2.15 bits per heavy atom. The number of hydrogen-bond donors (Lipinski definition) is 1. The summed E-state index contributed by atoms with van der Waals surface area (Å²) in [6, 6.07) is 16.8. The summed E-state index contributed by atoms with van der Waals surface area (Å²) in [4.78, 5) is 2.31. The Kier molecular flexibility index (Phi) is 3.86. The number of rotatable bonds is 4. The van der Waals surface area contributed by atoms with Gasteiger partial charge in [-0.05, 0) is 28.7 Å². The van der Waals surface area contributed by atoms with Gasteiger partial charge in [-0.15, -0.1) is 0 Å². The molecule has 0 radical (unpaired) electrons. The summed E-state index contributed by atoms with van der Waals surface area (Å²) in [6.45, 7) is 4.73. The molecule has 3 rings (SSSR count). The fraction of sp³-hybridized carbons (Fsp3) is 0.333. The second kappa shape index (κ2) is 5.78. The lowest BCUT2D eigenvalue weighted by molar-refractivity contribution is 0.112. The molecule has 2 nitrogen and oxygen atoms in total. The minimum atomic E-state index is -0.407. The Bertz CT molecular complexity index is 551. The molecule has 2 aromatic rings. The normalized spacial score (nSPS) is 16.1. The van der Waals surface area contributed by atoms with Gasteiger partial charge in [0.2, 0.25) is 0 Å². The Labute approximate surface area is 120 Å². The van der Waals surface area contributed by atoms with Crippen LogP contribution in [0, 0.1) is 0 Å². The van der Waals surface area contributed by atoms with Gasteiger partial charge in [0, 0.05) is 19.6 Å². The third-order valence-corrected chi connectivity index (χ3v) is 4.11. The lowest BCUT2D eigenvalue weighted by Gasteiger charge is -2.20. The van der Waals surface area contributed by atoms with Gasteiger partial charge in [-0.25, -0.2) is 0 Å². The predicted octanol–water partition coefficient (Wildman–Crippen LogP) is 3.30. The number of aryl methyl sites for hydroxylation is 1. The maximum absolute atomic E-state index is 10.4. The molecule has 1 N–H and O–H groups in total. The molecule has 0 aliphatic carbocycles. The molecule has 0 aromatic heterocycles. The van der Waals surface area contributed by atoms with Crippen LogP contribution >= 0.6 is 0 Å². The first-order valence-corrected chi connectivity index (χ1v) is 7.32. The van der Waals surface area contributed by atoms with Gasteiger partial charge in [-0.2, -0.15) is 0 Å². The number of aliphatic hydroxyl groups is 1. The fourth-order valence-electron chi connectivity index (χ4n) is 2.86. The zero-order valence-electron chi connectivity index (χ0n) is 11.9. The third-order valence-electron chi connectivity index (χ3n) is 4.11. The van der Waals surface area contributed by atoms with Crippen LogP contribution in [-0.4, -0.2) is 16.6 Å². The molecule has 2 heteroatoms.